The Balaban J connectivity index is 2.05. The zero-order valence-corrected chi connectivity index (χ0v) is 12.9. The van der Waals surface area contributed by atoms with E-state index < -0.39 is 10.1 Å². The van der Waals surface area contributed by atoms with Crippen molar-refractivity contribution in [1.29, 1.82) is 0 Å². The Hall–Kier alpha value is -1.35. The second-order valence-electron chi connectivity index (χ2n) is 5.79. The average Bonchev–Trinajstić information content (AvgIpc) is 2.36. The van der Waals surface area contributed by atoms with E-state index in [-0.39, 0.29) is 17.9 Å². The fourth-order valence-electron chi connectivity index (χ4n) is 2.32. The second-order valence-corrected chi connectivity index (χ2v) is 7.43. The number of rotatable bonds is 4. The number of hydrogen-bond acceptors (Lipinski definition) is 3. The molecule has 0 saturated heterocycles. The summed E-state index contributed by atoms with van der Waals surface area (Å²) in [6.45, 7) is 4.46. The van der Waals surface area contributed by atoms with E-state index in [9.17, 15) is 8.42 Å². The van der Waals surface area contributed by atoms with Gasteiger partial charge in [-0.25, -0.2) is 0 Å². The maximum atomic E-state index is 11.0. The first-order valence-corrected chi connectivity index (χ1v) is 8.46. The minimum absolute atomic E-state index is 0.0596. The number of allylic oxidation sites excluding steroid dienone is 1. The van der Waals surface area contributed by atoms with Crippen LogP contribution in [0.4, 0.5) is 0 Å². The molecule has 1 fully saturated rings. The van der Waals surface area contributed by atoms with Crippen LogP contribution in [0.5, 0.6) is 0 Å². The molecule has 20 heavy (non-hydrogen) atoms. The molecule has 0 radical (unpaired) electrons. The monoisotopic (exact) mass is 292 g/mol. The first-order chi connectivity index (χ1) is 9.29. The van der Waals surface area contributed by atoms with Gasteiger partial charge >= 0.3 is 0 Å². The van der Waals surface area contributed by atoms with Crippen LogP contribution in [0.25, 0.3) is 6.08 Å². The Morgan fingerprint density at radius 2 is 2.00 bits per heavy atom. The van der Waals surface area contributed by atoms with Crippen LogP contribution in [-0.4, -0.2) is 21.3 Å². The van der Waals surface area contributed by atoms with Crippen molar-refractivity contribution < 1.29 is 12.6 Å². The van der Waals surface area contributed by atoms with Crippen molar-refractivity contribution >= 4 is 16.2 Å². The van der Waals surface area contributed by atoms with Crippen LogP contribution >= 0.6 is 0 Å². The normalized spacial score (nSPS) is 20.9. The first-order valence-electron chi connectivity index (χ1n) is 6.64. The van der Waals surface area contributed by atoms with Crippen LogP contribution in [0, 0.1) is 11.3 Å². The Bertz CT molecular complexity index is 636. The molecular formula is C16H20O3S. The van der Waals surface area contributed by atoms with Crippen molar-refractivity contribution in [3.63, 3.8) is 0 Å². The lowest BCUT2D eigenvalue weighted by molar-refractivity contribution is 0.101. The number of benzene rings is 1. The fourth-order valence-corrected chi connectivity index (χ4v) is 2.73. The van der Waals surface area contributed by atoms with Crippen molar-refractivity contribution in [2.45, 2.75) is 20.3 Å². The lowest BCUT2D eigenvalue weighted by atomic mass is 9.59. The summed E-state index contributed by atoms with van der Waals surface area (Å²) in [6, 6.07) is 10.0. The average molecular weight is 292 g/mol. The topological polar surface area (TPSA) is 43.4 Å². The van der Waals surface area contributed by atoms with Gasteiger partial charge < -0.3 is 0 Å². The minimum atomic E-state index is -3.36. The molecule has 1 unspecified atom stereocenters. The van der Waals surface area contributed by atoms with E-state index in [1.807, 2.05) is 36.4 Å². The van der Waals surface area contributed by atoms with Crippen LogP contribution in [-0.2, 0) is 14.3 Å². The number of hydrogen-bond donors (Lipinski definition) is 0. The Labute approximate surface area is 121 Å². The maximum Gasteiger partial charge on any atom is 0.264 e. The zero-order valence-electron chi connectivity index (χ0n) is 12.1. The Kier molecular flexibility index (Phi) is 4.19. The molecule has 1 aromatic carbocycles. The Morgan fingerprint density at radius 3 is 2.55 bits per heavy atom. The second kappa shape index (κ2) is 5.57. The van der Waals surface area contributed by atoms with Crippen molar-refractivity contribution in [3.8, 4) is 0 Å². The molecule has 1 atom stereocenters. The third kappa shape index (κ3) is 3.60. The predicted octanol–water partition coefficient (Wildman–Crippen LogP) is 3.25. The van der Waals surface area contributed by atoms with Gasteiger partial charge in [0, 0.05) is 0 Å². The summed E-state index contributed by atoms with van der Waals surface area (Å²) in [6.07, 6.45) is 3.90. The van der Waals surface area contributed by atoms with E-state index in [0.29, 0.717) is 0 Å². The third-order valence-corrected chi connectivity index (χ3v) is 4.51. The molecule has 108 valence electrons. The van der Waals surface area contributed by atoms with Crippen LogP contribution < -0.4 is 0 Å². The smallest absolute Gasteiger partial charge is 0.264 e. The Morgan fingerprint density at radius 1 is 1.35 bits per heavy atom. The molecular weight excluding hydrogens is 272 g/mol. The van der Waals surface area contributed by atoms with Crippen molar-refractivity contribution in [3.05, 3.63) is 47.2 Å². The van der Waals surface area contributed by atoms with E-state index >= 15 is 0 Å². The molecule has 0 bridgehead atoms. The summed E-state index contributed by atoms with van der Waals surface area (Å²) in [5.41, 5.74) is 5.61. The minimum Gasteiger partial charge on any atom is -0.270 e. The molecule has 1 aliphatic carbocycles. The van der Waals surface area contributed by atoms with E-state index in [2.05, 4.69) is 19.6 Å². The van der Waals surface area contributed by atoms with Crippen molar-refractivity contribution in [2.24, 2.45) is 11.3 Å². The van der Waals surface area contributed by atoms with Crippen LogP contribution in [0.2, 0.25) is 0 Å². The summed E-state index contributed by atoms with van der Waals surface area (Å²) in [7, 11) is -3.36. The van der Waals surface area contributed by atoms with Gasteiger partial charge in [0.25, 0.3) is 10.1 Å². The summed E-state index contributed by atoms with van der Waals surface area (Å²) in [4.78, 5) is 0. The molecule has 4 heteroatoms. The summed E-state index contributed by atoms with van der Waals surface area (Å²) in [5.74, 6) is 0.226. The van der Waals surface area contributed by atoms with Gasteiger partial charge in [0.2, 0.25) is 0 Å². The SMILES string of the molecule is CC1(C)C(=C=Cc2ccccc2)CC1COS(C)(=O)=O. The summed E-state index contributed by atoms with van der Waals surface area (Å²) in [5, 5.41) is 0. The van der Waals surface area contributed by atoms with Crippen molar-refractivity contribution in [2.75, 3.05) is 12.9 Å². The van der Waals surface area contributed by atoms with Crippen LogP contribution in [0.15, 0.2) is 41.6 Å². The molecule has 1 aliphatic rings. The molecule has 0 spiro atoms. The molecule has 0 amide bonds. The highest BCUT2D eigenvalue weighted by Crippen LogP contribution is 2.50. The lowest BCUT2D eigenvalue weighted by Gasteiger charge is -2.45. The molecule has 0 aliphatic heterocycles. The van der Waals surface area contributed by atoms with Gasteiger partial charge in [-0.1, -0.05) is 44.2 Å². The molecule has 0 aromatic heterocycles. The molecule has 1 saturated carbocycles. The molecule has 2 rings (SSSR count). The lowest BCUT2D eigenvalue weighted by Crippen LogP contribution is -2.40. The van der Waals surface area contributed by atoms with Gasteiger partial charge in [-0.3, -0.25) is 4.18 Å². The van der Waals surface area contributed by atoms with E-state index in [1.165, 1.54) is 5.57 Å². The van der Waals surface area contributed by atoms with Gasteiger partial charge in [0.05, 0.1) is 12.9 Å². The molecule has 1 aromatic rings. The highest BCUT2D eigenvalue weighted by Gasteiger charge is 2.43. The standard InChI is InChI=1S/C16H20O3S/c1-16(2)14(10-9-13-7-5-4-6-8-13)11-15(16)12-19-20(3,17)18/h4-9,15H,11-12H2,1-3H3. The maximum absolute atomic E-state index is 11.0. The van der Waals surface area contributed by atoms with Crippen LogP contribution in [0.3, 0.4) is 0 Å². The van der Waals surface area contributed by atoms with Crippen LogP contribution in [0.1, 0.15) is 25.8 Å². The van der Waals surface area contributed by atoms with Gasteiger partial charge in [-0.2, -0.15) is 8.42 Å². The van der Waals surface area contributed by atoms with Gasteiger partial charge in [0.15, 0.2) is 0 Å². The van der Waals surface area contributed by atoms with Gasteiger partial charge in [0.1, 0.15) is 0 Å². The molecule has 3 nitrogen and oxygen atoms in total. The molecule has 0 N–H and O–H groups in total. The third-order valence-electron chi connectivity index (χ3n) is 3.94. The van der Waals surface area contributed by atoms with E-state index in [1.54, 1.807) is 0 Å². The zero-order chi connectivity index (χ0) is 14.8. The summed E-state index contributed by atoms with van der Waals surface area (Å²) < 4.78 is 27.0. The first kappa shape index (κ1) is 15.0. The largest absolute Gasteiger partial charge is 0.270 e. The van der Waals surface area contributed by atoms with Gasteiger partial charge in [-0.15, -0.1) is 5.73 Å². The van der Waals surface area contributed by atoms with Crippen molar-refractivity contribution in [1.82, 2.24) is 0 Å². The van der Waals surface area contributed by atoms with E-state index in [4.69, 9.17) is 4.18 Å². The predicted molar refractivity (Wildman–Crippen MR) is 80.6 cm³/mol. The fraction of sp³-hybridized carbons (Fsp3) is 0.438. The van der Waals surface area contributed by atoms with E-state index in [0.717, 1.165) is 18.2 Å². The quantitative estimate of drug-likeness (QED) is 0.632. The molecule has 0 heterocycles. The van der Waals surface area contributed by atoms with Gasteiger partial charge in [-0.05, 0) is 35.0 Å². The summed E-state index contributed by atoms with van der Waals surface area (Å²) >= 11 is 0. The highest BCUT2D eigenvalue weighted by atomic mass is 32.2. The highest BCUT2D eigenvalue weighted by molar-refractivity contribution is 7.85.